The minimum absolute atomic E-state index is 0.227. The van der Waals surface area contributed by atoms with Gasteiger partial charge in [0, 0.05) is 41.4 Å². The van der Waals surface area contributed by atoms with Crippen LogP contribution in [0.2, 0.25) is 0 Å². The van der Waals surface area contributed by atoms with E-state index in [4.69, 9.17) is 5.11 Å². The summed E-state index contributed by atoms with van der Waals surface area (Å²) in [6.45, 7) is 6.32. The van der Waals surface area contributed by atoms with Gasteiger partial charge in [-0.25, -0.2) is 0 Å². The van der Waals surface area contributed by atoms with Crippen molar-refractivity contribution in [1.82, 2.24) is 4.98 Å². The summed E-state index contributed by atoms with van der Waals surface area (Å²) < 4.78 is 0. The Morgan fingerprint density at radius 2 is 2.13 bits per heavy atom. The summed E-state index contributed by atoms with van der Waals surface area (Å²) in [5.74, 6) is -0.904. The summed E-state index contributed by atoms with van der Waals surface area (Å²) in [7, 11) is 0. The number of H-pyrrole nitrogens is 1. The number of allylic oxidation sites excluding steroid dienone is 2. The van der Waals surface area contributed by atoms with E-state index in [1.807, 2.05) is 0 Å². The highest BCUT2D eigenvalue weighted by molar-refractivity contribution is 5.95. The number of aromatic nitrogens is 1. The number of carboxylic acid groups (broad SMARTS) is 1. The molecule has 0 radical (unpaired) electrons. The van der Waals surface area contributed by atoms with Crippen LogP contribution in [0, 0.1) is 5.92 Å². The molecule has 2 N–H and O–H groups in total. The van der Waals surface area contributed by atoms with E-state index in [2.05, 4.69) is 54.2 Å². The van der Waals surface area contributed by atoms with Crippen molar-refractivity contribution >= 4 is 28.1 Å². The highest BCUT2D eigenvalue weighted by Gasteiger charge is 2.22. The Balaban J connectivity index is 1.95. The van der Waals surface area contributed by atoms with Crippen LogP contribution >= 0.6 is 0 Å². The third kappa shape index (κ3) is 2.98. The molecule has 0 bridgehead atoms. The topological polar surface area (TPSA) is 56.3 Å². The van der Waals surface area contributed by atoms with Gasteiger partial charge in [-0.1, -0.05) is 6.08 Å². The van der Waals surface area contributed by atoms with Crippen LogP contribution in [-0.4, -0.2) is 29.1 Å². The highest BCUT2D eigenvalue weighted by atomic mass is 16.4. The molecule has 0 amide bonds. The molecule has 0 aliphatic heterocycles. The van der Waals surface area contributed by atoms with Crippen molar-refractivity contribution in [2.45, 2.75) is 33.1 Å². The largest absolute Gasteiger partial charge is 0.481 e. The van der Waals surface area contributed by atoms with E-state index in [-0.39, 0.29) is 5.92 Å². The van der Waals surface area contributed by atoms with Crippen LogP contribution in [-0.2, 0) is 4.79 Å². The van der Waals surface area contributed by atoms with Gasteiger partial charge in [-0.05, 0) is 56.9 Å². The molecular weight excluding hydrogens is 288 g/mol. The van der Waals surface area contributed by atoms with Gasteiger partial charge in [0.15, 0.2) is 0 Å². The van der Waals surface area contributed by atoms with Crippen molar-refractivity contribution in [2.75, 3.05) is 18.0 Å². The minimum Gasteiger partial charge on any atom is -0.481 e. The normalized spacial score (nSPS) is 18.0. The number of rotatable bonds is 5. The summed E-state index contributed by atoms with van der Waals surface area (Å²) in [4.78, 5) is 16.8. The molecule has 1 aliphatic carbocycles. The molecule has 1 aromatic carbocycles. The number of nitrogens with zero attached hydrogens (tertiary/aromatic N) is 1. The Morgan fingerprint density at radius 1 is 1.35 bits per heavy atom. The summed E-state index contributed by atoms with van der Waals surface area (Å²) in [6.07, 6.45) is 6.36. The second kappa shape index (κ2) is 6.49. The Bertz CT molecular complexity index is 741. The van der Waals surface area contributed by atoms with Gasteiger partial charge in [-0.2, -0.15) is 0 Å². The first-order valence-corrected chi connectivity index (χ1v) is 8.42. The second-order valence-corrected chi connectivity index (χ2v) is 6.14. The van der Waals surface area contributed by atoms with E-state index < -0.39 is 5.97 Å². The van der Waals surface area contributed by atoms with Gasteiger partial charge in [0.2, 0.25) is 0 Å². The number of nitrogens with one attached hydrogen (secondary N) is 1. The Hall–Kier alpha value is -2.23. The number of carboxylic acids is 1. The number of benzene rings is 1. The zero-order valence-corrected chi connectivity index (χ0v) is 13.8. The SMILES string of the molecule is CCN(CC)c1ccc2[nH]cc(C3=CCC(C(=O)O)CC3)c2c1. The quantitative estimate of drug-likeness (QED) is 0.866. The van der Waals surface area contributed by atoms with E-state index in [1.165, 1.54) is 22.2 Å². The number of fused-ring (bicyclic) bond motifs is 1. The van der Waals surface area contributed by atoms with Crippen molar-refractivity contribution in [3.63, 3.8) is 0 Å². The van der Waals surface area contributed by atoms with Crippen LogP contribution in [0.4, 0.5) is 5.69 Å². The maximum absolute atomic E-state index is 11.1. The van der Waals surface area contributed by atoms with Crippen molar-refractivity contribution < 1.29 is 9.90 Å². The predicted molar refractivity (Wildman–Crippen MR) is 94.8 cm³/mol. The van der Waals surface area contributed by atoms with Crippen molar-refractivity contribution in [3.05, 3.63) is 36.0 Å². The Kier molecular flexibility index (Phi) is 4.42. The molecule has 2 aromatic rings. The molecule has 122 valence electrons. The van der Waals surface area contributed by atoms with Gasteiger partial charge < -0.3 is 15.0 Å². The lowest BCUT2D eigenvalue weighted by Crippen LogP contribution is -2.21. The zero-order valence-electron chi connectivity index (χ0n) is 13.8. The predicted octanol–water partition coefficient (Wildman–Crippen LogP) is 4.28. The highest BCUT2D eigenvalue weighted by Crippen LogP contribution is 2.35. The van der Waals surface area contributed by atoms with Crippen molar-refractivity contribution in [1.29, 1.82) is 0 Å². The summed E-state index contributed by atoms with van der Waals surface area (Å²) in [5.41, 5.74) is 4.86. The van der Waals surface area contributed by atoms with Crippen LogP contribution < -0.4 is 4.90 Å². The maximum atomic E-state index is 11.1. The fraction of sp³-hybridized carbons (Fsp3) is 0.421. The molecule has 1 unspecified atom stereocenters. The van der Waals surface area contributed by atoms with E-state index in [9.17, 15) is 4.79 Å². The third-order valence-corrected chi connectivity index (χ3v) is 4.90. The molecule has 1 atom stereocenters. The smallest absolute Gasteiger partial charge is 0.306 e. The second-order valence-electron chi connectivity index (χ2n) is 6.14. The number of aliphatic carboxylic acids is 1. The Morgan fingerprint density at radius 3 is 2.74 bits per heavy atom. The standard InChI is InChI=1S/C19H24N2O2/c1-3-21(4-2)15-9-10-18-16(11-15)17(12-20-18)13-5-7-14(8-6-13)19(22)23/h5,9-12,14,20H,3-4,6-8H2,1-2H3,(H,22,23). The summed E-state index contributed by atoms with van der Waals surface area (Å²) in [5, 5.41) is 10.4. The van der Waals surface area contributed by atoms with E-state index in [0.29, 0.717) is 6.42 Å². The third-order valence-electron chi connectivity index (χ3n) is 4.90. The molecule has 1 aromatic heterocycles. The van der Waals surface area contributed by atoms with Gasteiger partial charge in [0.1, 0.15) is 0 Å². The van der Waals surface area contributed by atoms with Crippen LogP contribution in [0.15, 0.2) is 30.5 Å². The number of anilines is 1. The van der Waals surface area contributed by atoms with Crippen LogP contribution in [0.3, 0.4) is 0 Å². The lowest BCUT2D eigenvalue weighted by molar-refractivity contribution is -0.141. The number of hydrogen-bond acceptors (Lipinski definition) is 2. The van der Waals surface area contributed by atoms with Gasteiger partial charge >= 0.3 is 5.97 Å². The number of aromatic amines is 1. The average Bonchev–Trinajstić information content (AvgIpc) is 2.99. The van der Waals surface area contributed by atoms with Gasteiger partial charge in [0.05, 0.1) is 5.92 Å². The van der Waals surface area contributed by atoms with Gasteiger partial charge in [-0.15, -0.1) is 0 Å². The van der Waals surface area contributed by atoms with Crippen LogP contribution in [0.1, 0.15) is 38.7 Å². The van der Waals surface area contributed by atoms with E-state index in [1.54, 1.807) is 0 Å². The van der Waals surface area contributed by atoms with Crippen molar-refractivity contribution in [3.8, 4) is 0 Å². The minimum atomic E-state index is -0.678. The Labute approximate surface area is 136 Å². The lowest BCUT2D eigenvalue weighted by atomic mass is 9.86. The summed E-state index contributed by atoms with van der Waals surface area (Å²) in [6, 6.07) is 6.54. The molecule has 0 fully saturated rings. The molecule has 4 heteroatoms. The first-order valence-electron chi connectivity index (χ1n) is 8.42. The molecule has 0 saturated carbocycles. The zero-order chi connectivity index (χ0) is 16.4. The first-order chi connectivity index (χ1) is 11.1. The van der Waals surface area contributed by atoms with Crippen molar-refractivity contribution in [2.24, 2.45) is 5.92 Å². The van der Waals surface area contributed by atoms with Crippen LogP contribution in [0.5, 0.6) is 0 Å². The molecule has 3 rings (SSSR count). The van der Waals surface area contributed by atoms with Crippen LogP contribution in [0.25, 0.3) is 16.5 Å². The molecule has 0 saturated heterocycles. The maximum Gasteiger partial charge on any atom is 0.306 e. The number of carbonyl (C=O) groups is 1. The molecule has 0 spiro atoms. The molecule has 1 heterocycles. The lowest BCUT2D eigenvalue weighted by Gasteiger charge is -2.21. The average molecular weight is 312 g/mol. The first kappa shape index (κ1) is 15.7. The van der Waals surface area contributed by atoms with Gasteiger partial charge in [-0.3, -0.25) is 4.79 Å². The van der Waals surface area contributed by atoms with E-state index in [0.717, 1.165) is 31.4 Å². The number of hydrogen-bond donors (Lipinski definition) is 2. The fourth-order valence-corrected chi connectivity index (χ4v) is 3.46. The molecular formula is C19H24N2O2. The fourth-order valence-electron chi connectivity index (χ4n) is 3.46. The van der Waals surface area contributed by atoms with Gasteiger partial charge in [0.25, 0.3) is 0 Å². The molecule has 23 heavy (non-hydrogen) atoms. The molecule has 1 aliphatic rings. The molecule has 4 nitrogen and oxygen atoms in total. The monoisotopic (exact) mass is 312 g/mol. The van der Waals surface area contributed by atoms with E-state index >= 15 is 0 Å². The summed E-state index contributed by atoms with van der Waals surface area (Å²) >= 11 is 0.